The number of hydrogen-bond acceptors (Lipinski definition) is 4. The number of carbonyl (C=O) groups is 1. The van der Waals surface area contributed by atoms with E-state index in [1.54, 1.807) is 22.9 Å². The lowest BCUT2D eigenvalue weighted by atomic mass is 10.2. The van der Waals surface area contributed by atoms with Gasteiger partial charge in [0, 0.05) is 30.3 Å². The summed E-state index contributed by atoms with van der Waals surface area (Å²) in [6.07, 6.45) is 3.05. The molecule has 146 valence electrons. The van der Waals surface area contributed by atoms with Gasteiger partial charge in [0.1, 0.15) is 16.7 Å². The van der Waals surface area contributed by atoms with E-state index in [1.165, 1.54) is 20.3 Å². The Balaban J connectivity index is 2.20. The lowest BCUT2D eigenvalue weighted by Gasteiger charge is -2.12. The van der Waals surface area contributed by atoms with Crippen LogP contribution >= 0.6 is 23.2 Å². The molecular weight excluding hydrogens is 389 g/mol. The number of ether oxygens (including phenoxy) is 2. The first-order valence-electron chi connectivity index (χ1n) is 8.40. The topological polar surface area (TPSA) is 65.4 Å². The van der Waals surface area contributed by atoms with Gasteiger partial charge in [-0.25, -0.2) is 0 Å². The van der Waals surface area contributed by atoms with Crippen LogP contribution in [0.25, 0.3) is 6.08 Å². The van der Waals surface area contributed by atoms with Crippen molar-refractivity contribution in [1.82, 2.24) is 9.78 Å². The number of carbonyl (C=O) groups excluding carboxylic acids is 1. The predicted octanol–water partition coefficient (Wildman–Crippen LogP) is 4.82. The third kappa shape index (κ3) is 5.17. The van der Waals surface area contributed by atoms with E-state index in [-0.39, 0.29) is 5.91 Å². The molecule has 1 amide bonds. The number of benzene rings is 1. The number of hydrogen-bond donors (Lipinski definition) is 1. The predicted molar refractivity (Wildman–Crippen MR) is 109 cm³/mol. The quantitative estimate of drug-likeness (QED) is 0.662. The molecule has 8 heteroatoms. The molecule has 0 unspecified atom stereocenters. The molecule has 0 fully saturated rings. The fourth-order valence-corrected chi connectivity index (χ4v) is 3.05. The second-order valence-electron chi connectivity index (χ2n) is 6.38. The lowest BCUT2D eigenvalue weighted by molar-refractivity contribution is -0.111. The van der Waals surface area contributed by atoms with Crippen LogP contribution in [0.15, 0.2) is 18.2 Å². The van der Waals surface area contributed by atoms with Crippen molar-refractivity contribution in [1.29, 1.82) is 0 Å². The molecule has 2 rings (SSSR count). The molecule has 1 N–H and O–H groups in total. The second kappa shape index (κ2) is 9.15. The first kappa shape index (κ1) is 21.1. The molecule has 0 atom stereocenters. The third-order valence-electron chi connectivity index (χ3n) is 3.78. The van der Waals surface area contributed by atoms with E-state index in [4.69, 9.17) is 32.7 Å². The summed E-state index contributed by atoms with van der Waals surface area (Å²) < 4.78 is 12.2. The summed E-state index contributed by atoms with van der Waals surface area (Å²) in [7, 11) is 2.99. The maximum absolute atomic E-state index is 12.3. The molecule has 0 aliphatic rings. The molecule has 1 aromatic carbocycles. The number of aryl methyl sites for hydroxylation is 1. The molecule has 0 radical (unpaired) electrons. The molecule has 1 heterocycles. The van der Waals surface area contributed by atoms with Crippen LogP contribution in [0.3, 0.4) is 0 Å². The van der Waals surface area contributed by atoms with Gasteiger partial charge in [0.25, 0.3) is 0 Å². The Labute approximate surface area is 169 Å². The summed E-state index contributed by atoms with van der Waals surface area (Å²) in [5.41, 5.74) is 1.93. The lowest BCUT2D eigenvalue weighted by Crippen LogP contribution is -2.09. The molecule has 6 nitrogen and oxygen atoms in total. The molecule has 0 spiro atoms. The Morgan fingerprint density at radius 3 is 2.52 bits per heavy atom. The number of nitrogens with zero attached hydrogens (tertiary/aromatic N) is 2. The van der Waals surface area contributed by atoms with Crippen molar-refractivity contribution in [2.75, 3.05) is 19.5 Å². The van der Waals surface area contributed by atoms with Crippen molar-refractivity contribution in [3.63, 3.8) is 0 Å². The highest BCUT2D eigenvalue weighted by Gasteiger charge is 2.14. The monoisotopic (exact) mass is 411 g/mol. The molecule has 27 heavy (non-hydrogen) atoms. The number of halogens is 2. The van der Waals surface area contributed by atoms with Crippen LogP contribution in [-0.2, 0) is 11.3 Å². The minimum absolute atomic E-state index is 0.343. The molecule has 0 bridgehead atoms. The van der Waals surface area contributed by atoms with E-state index in [2.05, 4.69) is 24.3 Å². The standard InChI is InChI=1S/C19H23Cl2N3O3/c1-11(2)10-24-19(21)13(12(3)23-24)6-7-18(25)22-15-9-16(26-4)14(20)8-17(15)27-5/h6-9,11H,10H2,1-5H3,(H,22,25)/b7-6+. The number of rotatable bonds is 7. The zero-order chi connectivity index (χ0) is 20.1. The van der Waals surface area contributed by atoms with Crippen molar-refractivity contribution >= 4 is 40.9 Å². The molecule has 0 saturated heterocycles. The number of nitrogens with one attached hydrogen (secondary N) is 1. The number of amides is 1. The van der Waals surface area contributed by atoms with Gasteiger partial charge in [-0.2, -0.15) is 5.10 Å². The number of aromatic nitrogens is 2. The fourth-order valence-electron chi connectivity index (χ4n) is 2.51. The molecule has 1 aromatic heterocycles. The van der Waals surface area contributed by atoms with E-state index < -0.39 is 0 Å². The van der Waals surface area contributed by atoms with Crippen molar-refractivity contribution in [3.05, 3.63) is 39.6 Å². The summed E-state index contributed by atoms with van der Waals surface area (Å²) in [5.74, 6) is 0.936. The van der Waals surface area contributed by atoms with Gasteiger partial charge in [0.2, 0.25) is 5.91 Å². The Morgan fingerprint density at radius 2 is 1.93 bits per heavy atom. The van der Waals surface area contributed by atoms with E-state index in [0.717, 1.165) is 5.69 Å². The van der Waals surface area contributed by atoms with E-state index >= 15 is 0 Å². The summed E-state index contributed by atoms with van der Waals surface area (Å²) >= 11 is 12.5. The van der Waals surface area contributed by atoms with Crippen LogP contribution in [0.4, 0.5) is 5.69 Å². The van der Waals surface area contributed by atoms with Gasteiger partial charge in [-0.05, 0) is 18.9 Å². The van der Waals surface area contributed by atoms with Crippen LogP contribution in [0.2, 0.25) is 10.2 Å². The van der Waals surface area contributed by atoms with Crippen LogP contribution in [0, 0.1) is 12.8 Å². The zero-order valence-corrected chi connectivity index (χ0v) is 17.5. The van der Waals surface area contributed by atoms with Gasteiger partial charge in [0.05, 0.1) is 30.6 Å². The van der Waals surface area contributed by atoms with E-state index in [1.807, 2.05) is 6.92 Å². The van der Waals surface area contributed by atoms with Crippen molar-refractivity contribution in [2.45, 2.75) is 27.3 Å². The number of methoxy groups -OCH3 is 2. The van der Waals surface area contributed by atoms with E-state index in [9.17, 15) is 4.79 Å². The second-order valence-corrected chi connectivity index (χ2v) is 7.14. The minimum atomic E-state index is -0.343. The molecule has 0 aliphatic heterocycles. The summed E-state index contributed by atoms with van der Waals surface area (Å²) in [4.78, 5) is 12.3. The normalized spacial score (nSPS) is 11.3. The largest absolute Gasteiger partial charge is 0.495 e. The smallest absolute Gasteiger partial charge is 0.248 e. The van der Waals surface area contributed by atoms with Crippen molar-refractivity contribution < 1.29 is 14.3 Å². The van der Waals surface area contributed by atoms with Crippen LogP contribution in [0.1, 0.15) is 25.1 Å². The average Bonchev–Trinajstić information content (AvgIpc) is 2.87. The Morgan fingerprint density at radius 1 is 1.26 bits per heavy atom. The van der Waals surface area contributed by atoms with Crippen molar-refractivity contribution in [2.24, 2.45) is 5.92 Å². The van der Waals surface area contributed by atoms with Gasteiger partial charge in [0.15, 0.2) is 0 Å². The summed E-state index contributed by atoms with van der Waals surface area (Å²) in [6.45, 7) is 6.74. The molecule has 0 saturated carbocycles. The molecule has 2 aromatic rings. The first-order chi connectivity index (χ1) is 12.8. The van der Waals surface area contributed by atoms with Gasteiger partial charge in [-0.3, -0.25) is 9.48 Å². The number of anilines is 1. The maximum atomic E-state index is 12.3. The highest BCUT2D eigenvalue weighted by atomic mass is 35.5. The third-order valence-corrected chi connectivity index (χ3v) is 4.47. The van der Waals surface area contributed by atoms with Gasteiger partial charge in [-0.1, -0.05) is 37.0 Å². The van der Waals surface area contributed by atoms with Crippen LogP contribution in [-0.4, -0.2) is 29.9 Å². The fraction of sp³-hybridized carbons (Fsp3) is 0.368. The van der Waals surface area contributed by atoms with E-state index in [0.29, 0.717) is 45.4 Å². The zero-order valence-electron chi connectivity index (χ0n) is 16.0. The maximum Gasteiger partial charge on any atom is 0.248 e. The molecular formula is C19H23Cl2N3O3. The first-order valence-corrected chi connectivity index (χ1v) is 9.15. The van der Waals surface area contributed by atoms with Gasteiger partial charge >= 0.3 is 0 Å². The summed E-state index contributed by atoms with van der Waals surface area (Å²) in [6, 6.07) is 3.18. The van der Waals surface area contributed by atoms with Crippen LogP contribution in [0.5, 0.6) is 11.5 Å². The SMILES string of the molecule is COc1cc(NC(=O)/C=C/c2c(C)nn(CC(C)C)c2Cl)c(OC)cc1Cl. The van der Waals surface area contributed by atoms with Crippen LogP contribution < -0.4 is 14.8 Å². The minimum Gasteiger partial charge on any atom is -0.495 e. The molecule has 0 aliphatic carbocycles. The van der Waals surface area contributed by atoms with Gasteiger partial charge < -0.3 is 14.8 Å². The van der Waals surface area contributed by atoms with Crippen molar-refractivity contribution in [3.8, 4) is 11.5 Å². The average molecular weight is 412 g/mol. The highest BCUT2D eigenvalue weighted by molar-refractivity contribution is 6.32. The Kier molecular flexibility index (Phi) is 7.16. The Bertz CT molecular complexity index is 860. The van der Waals surface area contributed by atoms with Gasteiger partial charge in [-0.15, -0.1) is 0 Å². The summed E-state index contributed by atoms with van der Waals surface area (Å²) in [5, 5.41) is 8.08. The highest BCUT2D eigenvalue weighted by Crippen LogP contribution is 2.35. The Hall–Kier alpha value is -2.18.